The van der Waals surface area contributed by atoms with Gasteiger partial charge in [0, 0.05) is 37.4 Å². The van der Waals surface area contributed by atoms with Crippen molar-refractivity contribution in [1.29, 1.82) is 0 Å². The summed E-state index contributed by atoms with van der Waals surface area (Å²) in [5, 5.41) is 0.297. The third-order valence-electron chi connectivity index (χ3n) is 7.24. The summed E-state index contributed by atoms with van der Waals surface area (Å²) in [6.45, 7) is 12.4. The summed E-state index contributed by atoms with van der Waals surface area (Å²) in [6.07, 6.45) is 4.02. The van der Waals surface area contributed by atoms with E-state index in [2.05, 4.69) is 21.5 Å². The van der Waals surface area contributed by atoms with Crippen LogP contribution in [0, 0.1) is 18.6 Å². The summed E-state index contributed by atoms with van der Waals surface area (Å²) in [6, 6.07) is 8.61. The van der Waals surface area contributed by atoms with Gasteiger partial charge in [0.15, 0.2) is 5.65 Å². The number of amides is 1. The van der Waals surface area contributed by atoms with Crippen molar-refractivity contribution >= 4 is 33.8 Å². The molecule has 5 rings (SSSR count). The molecule has 2 atom stereocenters. The lowest BCUT2D eigenvalue weighted by Gasteiger charge is -2.40. The molecule has 4 heterocycles. The van der Waals surface area contributed by atoms with Crippen molar-refractivity contribution in [2.45, 2.75) is 39.7 Å². The number of carbonyl (C=O) groups excluding carboxylic acids is 1. The second-order valence-corrected chi connectivity index (χ2v) is 11.5. The number of piperazine rings is 1. The van der Waals surface area contributed by atoms with Crippen LogP contribution < -0.4 is 10.6 Å². The van der Waals surface area contributed by atoms with Crippen molar-refractivity contribution < 1.29 is 22.3 Å². The number of carbonyl (C=O) groups is 1. The van der Waals surface area contributed by atoms with Crippen LogP contribution in [0.2, 0.25) is 0 Å². The van der Waals surface area contributed by atoms with Gasteiger partial charge in [0.25, 0.3) is 0 Å². The molecule has 1 fully saturated rings. The van der Waals surface area contributed by atoms with Gasteiger partial charge in [-0.3, -0.25) is 14.0 Å². The van der Waals surface area contributed by atoms with E-state index in [4.69, 9.17) is 8.76 Å². The summed E-state index contributed by atoms with van der Waals surface area (Å²) in [5.74, 6) is -1.35. The Bertz CT molecular complexity index is 1810. The summed E-state index contributed by atoms with van der Waals surface area (Å²) >= 11 is -1.86. The minimum absolute atomic E-state index is 0.0174. The van der Waals surface area contributed by atoms with Crippen molar-refractivity contribution in [2.24, 2.45) is 0 Å². The van der Waals surface area contributed by atoms with E-state index in [0.29, 0.717) is 36.4 Å². The molecule has 1 aliphatic rings. The van der Waals surface area contributed by atoms with E-state index in [1.54, 1.807) is 23.2 Å². The zero-order valence-electron chi connectivity index (χ0n) is 25.1. The predicted molar refractivity (Wildman–Crippen MR) is 166 cm³/mol. The molecule has 232 valence electrons. The minimum atomic E-state index is -1.86. The molecule has 0 spiro atoms. The zero-order chi connectivity index (χ0) is 32.3. The van der Waals surface area contributed by atoms with Crippen molar-refractivity contribution in [1.82, 2.24) is 24.4 Å². The van der Waals surface area contributed by atoms with Crippen molar-refractivity contribution in [3.63, 3.8) is 0 Å². The lowest BCUT2D eigenvalue weighted by atomic mass is 10.0. The number of aryl methyl sites for hydroxylation is 1. The van der Waals surface area contributed by atoms with Crippen molar-refractivity contribution in [2.75, 3.05) is 30.8 Å². The van der Waals surface area contributed by atoms with Gasteiger partial charge in [-0.15, -0.1) is 0 Å². The van der Waals surface area contributed by atoms with Crippen LogP contribution in [0.4, 0.5) is 14.6 Å². The van der Waals surface area contributed by atoms with Gasteiger partial charge in [0.2, 0.25) is 5.91 Å². The summed E-state index contributed by atoms with van der Waals surface area (Å²) in [4.78, 5) is 43.2. The largest absolute Gasteiger partial charge is 0.773 e. The second-order valence-electron chi connectivity index (χ2n) is 10.7. The molecule has 0 aliphatic carbocycles. The molecule has 10 nitrogen and oxygen atoms in total. The van der Waals surface area contributed by atoms with Gasteiger partial charge in [-0.2, -0.15) is 4.98 Å². The number of aromatic nitrogens is 4. The molecule has 3 aromatic heterocycles. The van der Waals surface area contributed by atoms with Crippen LogP contribution in [0.1, 0.15) is 37.9 Å². The van der Waals surface area contributed by atoms with Crippen LogP contribution in [0.5, 0.6) is 0 Å². The van der Waals surface area contributed by atoms with E-state index in [1.807, 2.05) is 32.6 Å². The molecule has 44 heavy (non-hydrogen) atoms. The van der Waals surface area contributed by atoms with Crippen molar-refractivity contribution in [3.05, 3.63) is 88.6 Å². The van der Waals surface area contributed by atoms with Gasteiger partial charge in [-0.05, 0) is 61.9 Å². The zero-order valence-corrected chi connectivity index (χ0v) is 25.9. The van der Waals surface area contributed by atoms with E-state index in [0.717, 1.165) is 11.8 Å². The Morgan fingerprint density at radius 2 is 1.84 bits per heavy atom. The fourth-order valence-electron chi connectivity index (χ4n) is 5.25. The summed E-state index contributed by atoms with van der Waals surface area (Å²) in [5.41, 5.74) is 1.23. The van der Waals surface area contributed by atoms with Gasteiger partial charge in [0.05, 0.1) is 16.8 Å². The van der Waals surface area contributed by atoms with Crippen LogP contribution in [0.15, 0.2) is 60.0 Å². The number of hydrogen-bond donors (Lipinski definition) is 0. The molecule has 1 saturated heterocycles. The third-order valence-corrected chi connectivity index (χ3v) is 7.24. The van der Waals surface area contributed by atoms with Crippen LogP contribution in [0.25, 0.3) is 28.0 Å². The second kappa shape index (κ2) is 13.5. The number of pyridine rings is 2. The van der Waals surface area contributed by atoms with Crippen LogP contribution in [-0.4, -0.2) is 71.0 Å². The molecule has 13 heteroatoms. The Morgan fingerprint density at radius 1 is 1.16 bits per heavy atom. The van der Waals surface area contributed by atoms with Gasteiger partial charge in [0.1, 0.15) is 23.1 Å². The standard InChI is InChI=1S/C30H30F2N6O2.CH4O2S/c1-6-24(39)36-13-14-37(19(5)16-36)28-21-15-23(32)26(20-9-7-8-10-22(20)31)34-29(21)38(30(40)35-28)27-18(4)11-12-33-25(27)17(2)3;1-4(2)3/h6-12,15,17,19H,1,13-14,16H2,2-5H3;1H3,(H,2,3)/p-1. The molecule has 1 amide bonds. The Hall–Kier alpha value is -4.36. The maximum Gasteiger partial charge on any atom is 0.355 e. The maximum atomic E-state index is 15.7. The molecule has 0 bridgehead atoms. The Morgan fingerprint density at radius 3 is 2.45 bits per heavy atom. The fraction of sp³-hybridized carbons (Fsp3) is 0.323. The molecule has 0 saturated carbocycles. The van der Waals surface area contributed by atoms with Crippen LogP contribution >= 0.6 is 0 Å². The number of hydrogen-bond acceptors (Lipinski definition) is 8. The van der Waals surface area contributed by atoms with Gasteiger partial charge < -0.3 is 14.4 Å². The number of anilines is 1. The third kappa shape index (κ3) is 6.58. The van der Waals surface area contributed by atoms with Crippen LogP contribution in [0.3, 0.4) is 0 Å². The summed E-state index contributed by atoms with van der Waals surface area (Å²) < 4.78 is 49.9. The highest BCUT2D eigenvalue weighted by molar-refractivity contribution is 7.78. The first-order chi connectivity index (χ1) is 20.8. The normalized spacial score (nSPS) is 15.6. The average molecular weight is 624 g/mol. The van der Waals surface area contributed by atoms with Gasteiger partial charge >= 0.3 is 5.69 Å². The number of fused-ring (bicyclic) bond motifs is 1. The van der Waals surface area contributed by atoms with E-state index in [9.17, 15) is 14.0 Å². The minimum Gasteiger partial charge on any atom is -0.773 e. The van der Waals surface area contributed by atoms with E-state index in [1.165, 1.54) is 34.9 Å². The fourth-order valence-corrected chi connectivity index (χ4v) is 5.25. The monoisotopic (exact) mass is 623 g/mol. The SMILES string of the molecule is C=CC(=O)N1CCN(c2nc(=O)n(-c3c(C)ccnc3C(C)C)c3nc(-c4ccccc4F)c(F)cc23)C(C)C1.CS(=O)[O-]. The lowest BCUT2D eigenvalue weighted by molar-refractivity contribution is -0.126. The molecule has 0 N–H and O–H groups in total. The quantitative estimate of drug-likeness (QED) is 0.239. The van der Waals surface area contributed by atoms with Crippen LogP contribution in [-0.2, 0) is 15.9 Å². The Kier molecular flexibility index (Phi) is 10.00. The Labute approximate surface area is 256 Å². The van der Waals surface area contributed by atoms with Crippen molar-refractivity contribution in [3.8, 4) is 16.9 Å². The molecule has 2 unspecified atom stereocenters. The average Bonchev–Trinajstić information content (AvgIpc) is 2.97. The molecule has 1 aromatic carbocycles. The first kappa shape index (κ1) is 32.6. The highest BCUT2D eigenvalue weighted by Crippen LogP contribution is 2.33. The number of nitrogens with zero attached hydrogens (tertiary/aromatic N) is 6. The number of rotatable bonds is 5. The van der Waals surface area contributed by atoms with E-state index in [-0.39, 0.29) is 40.6 Å². The molecule has 1 aliphatic heterocycles. The first-order valence-electron chi connectivity index (χ1n) is 13.9. The smallest absolute Gasteiger partial charge is 0.355 e. The maximum absolute atomic E-state index is 15.7. The molecular weight excluding hydrogens is 590 g/mol. The summed E-state index contributed by atoms with van der Waals surface area (Å²) in [7, 11) is 0. The highest BCUT2D eigenvalue weighted by Gasteiger charge is 2.30. The molecule has 0 radical (unpaired) electrons. The number of halogens is 2. The number of benzene rings is 1. The highest BCUT2D eigenvalue weighted by atomic mass is 32.2. The predicted octanol–water partition coefficient (Wildman–Crippen LogP) is 4.27. The van der Waals surface area contributed by atoms with Gasteiger partial charge in [-0.25, -0.2) is 23.1 Å². The molecular formula is C31H33F2N6O4S-. The topological polar surface area (TPSA) is 124 Å². The van der Waals surface area contributed by atoms with E-state index < -0.39 is 28.4 Å². The molecule has 4 aromatic rings. The first-order valence-corrected chi connectivity index (χ1v) is 15.4. The van der Waals surface area contributed by atoms with E-state index >= 15 is 4.39 Å². The lowest BCUT2D eigenvalue weighted by Crippen LogP contribution is -2.54. The Balaban J connectivity index is 0.00000104. The van der Waals surface area contributed by atoms with Gasteiger partial charge in [-0.1, -0.05) is 43.6 Å².